The van der Waals surface area contributed by atoms with Gasteiger partial charge in [-0.3, -0.25) is 9.69 Å². The Morgan fingerprint density at radius 3 is 2.79 bits per heavy atom. The molecule has 0 aliphatic carbocycles. The Morgan fingerprint density at radius 1 is 1.37 bits per heavy atom. The van der Waals surface area contributed by atoms with Gasteiger partial charge in [0.25, 0.3) is 0 Å². The number of hydrogen-bond donors (Lipinski definition) is 1. The number of carbonyl (C=O) groups is 1. The molecule has 1 fully saturated rings. The zero-order valence-corrected chi connectivity index (χ0v) is 13.2. The van der Waals surface area contributed by atoms with E-state index in [-0.39, 0.29) is 12.4 Å². The molecule has 19 heavy (non-hydrogen) atoms. The van der Waals surface area contributed by atoms with E-state index in [0.717, 1.165) is 35.1 Å². The third kappa shape index (κ3) is 4.54. The number of piperidine rings is 1. The molecule has 0 amide bonds. The first kappa shape index (κ1) is 14.9. The van der Waals surface area contributed by atoms with E-state index in [1.807, 2.05) is 24.3 Å². The Hall–Kier alpha value is -0.460. The lowest BCUT2D eigenvalue weighted by Gasteiger charge is -2.31. The van der Waals surface area contributed by atoms with Crippen LogP contribution in [0.5, 0.6) is 0 Å². The number of aliphatic hydroxyl groups excluding tert-OH is 1. The summed E-state index contributed by atoms with van der Waals surface area (Å²) in [5.41, 5.74) is 0.796. The molecular weight excluding hydrogens is 353 g/mol. The van der Waals surface area contributed by atoms with Crippen molar-refractivity contribution in [2.45, 2.75) is 19.3 Å². The molecule has 0 aromatic heterocycles. The quantitative estimate of drug-likeness (QED) is 0.637. The highest BCUT2D eigenvalue weighted by atomic mass is 127. The zero-order chi connectivity index (χ0) is 13.7. The Balaban J connectivity index is 1.89. The highest BCUT2D eigenvalue weighted by Gasteiger charge is 2.21. The second-order valence-corrected chi connectivity index (χ2v) is 6.43. The normalized spacial score (nSPS) is 20.4. The number of nitrogens with zero attached hydrogens (tertiary/aromatic N) is 1. The molecule has 0 radical (unpaired) electrons. The molecule has 1 unspecified atom stereocenters. The van der Waals surface area contributed by atoms with Crippen LogP contribution in [0.4, 0.5) is 0 Å². The predicted molar refractivity (Wildman–Crippen MR) is 84.4 cm³/mol. The predicted octanol–water partition coefficient (Wildman–Crippen LogP) is 2.57. The Morgan fingerprint density at radius 2 is 2.11 bits per heavy atom. The van der Waals surface area contributed by atoms with E-state index in [0.29, 0.717) is 12.5 Å². The zero-order valence-electron chi connectivity index (χ0n) is 11.0. The minimum absolute atomic E-state index is 0.195. The summed E-state index contributed by atoms with van der Waals surface area (Å²) in [7, 11) is 0. The number of likely N-dealkylation sites (tertiary alicyclic amines) is 1. The fourth-order valence-electron chi connectivity index (χ4n) is 2.64. The van der Waals surface area contributed by atoms with Gasteiger partial charge in [-0.1, -0.05) is 12.1 Å². The molecule has 0 bridgehead atoms. The average Bonchev–Trinajstić information content (AvgIpc) is 2.40. The maximum absolute atomic E-state index is 12.2. The summed E-state index contributed by atoms with van der Waals surface area (Å²) in [5.74, 6) is 0.740. The molecule has 1 heterocycles. The van der Waals surface area contributed by atoms with E-state index in [9.17, 15) is 4.79 Å². The van der Waals surface area contributed by atoms with Crippen molar-refractivity contribution in [1.82, 2.24) is 4.90 Å². The molecule has 104 valence electrons. The Bertz CT molecular complexity index is 417. The summed E-state index contributed by atoms with van der Waals surface area (Å²) in [6.07, 6.45) is 3.16. The van der Waals surface area contributed by atoms with Crippen LogP contribution in [-0.2, 0) is 0 Å². The molecule has 2 rings (SSSR count). The largest absolute Gasteiger partial charge is 0.396 e. The number of Topliss-reactive ketones (excluding diaryl/α,β-unsaturated/α-hetero) is 1. The van der Waals surface area contributed by atoms with Crippen LogP contribution in [0.15, 0.2) is 24.3 Å². The summed E-state index contributed by atoms with van der Waals surface area (Å²) in [4.78, 5) is 14.4. The minimum Gasteiger partial charge on any atom is -0.396 e. The lowest BCUT2D eigenvalue weighted by Crippen LogP contribution is -2.39. The van der Waals surface area contributed by atoms with E-state index < -0.39 is 0 Å². The van der Waals surface area contributed by atoms with Crippen molar-refractivity contribution in [2.75, 3.05) is 26.2 Å². The minimum atomic E-state index is 0.195. The van der Waals surface area contributed by atoms with Crippen LogP contribution in [-0.4, -0.2) is 42.0 Å². The molecule has 1 aromatic rings. The Labute approximate surface area is 128 Å². The molecule has 4 heteroatoms. The molecule has 1 aliphatic heterocycles. The summed E-state index contributed by atoms with van der Waals surface area (Å²) >= 11 is 2.24. The van der Waals surface area contributed by atoms with Crippen molar-refractivity contribution in [3.05, 3.63) is 33.4 Å². The smallest absolute Gasteiger partial charge is 0.176 e. The van der Waals surface area contributed by atoms with Gasteiger partial charge < -0.3 is 5.11 Å². The van der Waals surface area contributed by atoms with Crippen LogP contribution in [0, 0.1) is 9.49 Å². The van der Waals surface area contributed by atoms with Gasteiger partial charge in [0.1, 0.15) is 0 Å². The molecule has 1 saturated heterocycles. The third-order valence-electron chi connectivity index (χ3n) is 3.67. The highest BCUT2D eigenvalue weighted by molar-refractivity contribution is 14.1. The molecule has 1 N–H and O–H groups in total. The third-order valence-corrected chi connectivity index (χ3v) is 4.39. The van der Waals surface area contributed by atoms with Gasteiger partial charge in [0.2, 0.25) is 0 Å². The molecule has 3 nitrogen and oxygen atoms in total. The molecule has 0 saturated carbocycles. The van der Waals surface area contributed by atoms with E-state index in [2.05, 4.69) is 27.5 Å². The van der Waals surface area contributed by atoms with Crippen molar-refractivity contribution >= 4 is 28.4 Å². The summed E-state index contributed by atoms with van der Waals surface area (Å²) < 4.78 is 1.15. The van der Waals surface area contributed by atoms with Gasteiger partial charge in [0.05, 0.1) is 6.54 Å². The standard InChI is InChI=1S/C15H20INO2/c16-14-5-3-13(4-6-14)15(19)11-17-8-1-2-12(10-17)7-9-18/h3-6,12,18H,1-2,7-11H2. The topological polar surface area (TPSA) is 40.5 Å². The number of rotatable bonds is 5. The maximum Gasteiger partial charge on any atom is 0.176 e. The monoisotopic (exact) mass is 373 g/mol. The van der Waals surface area contributed by atoms with Gasteiger partial charge in [0, 0.05) is 22.3 Å². The van der Waals surface area contributed by atoms with E-state index in [1.165, 1.54) is 6.42 Å². The van der Waals surface area contributed by atoms with E-state index in [1.54, 1.807) is 0 Å². The fourth-order valence-corrected chi connectivity index (χ4v) is 3.00. The van der Waals surface area contributed by atoms with E-state index >= 15 is 0 Å². The van der Waals surface area contributed by atoms with Gasteiger partial charge in [-0.2, -0.15) is 0 Å². The molecular formula is C15H20INO2. The molecule has 1 aromatic carbocycles. The summed E-state index contributed by atoms with van der Waals surface area (Å²) in [5, 5.41) is 9.00. The van der Waals surface area contributed by atoms with E-state index in [4.69, 9.17) is 5.11 Å². The number of hydrogen-bond acceptors (Lipinski definition) is 3. The first-order chi connectivity index (χ1) is 9.19. The summed E-state index contributed by atoms with van der Waals surface area (Å²) in [6, 6.07) is 7.75. The lowest BCUT2D eigenvalue weighted by molar-refractivity contribution is 0.0871. The van der Waals surface area contributed by atoms with Crippen molar-refractivity contribution in [2.24, 2.45) is 5.92 Å². The van der Waals surface area contributed by atoms with Crippen LogP contribution in [0.1, 0.15) is 29.6 Å². The lowest BCUT2D eigenvalue weighted by atomic mass is 9.95. The number of aliphatic hydroxyl groups is 1. The first-order valence-electron chi connectivity index (χ1n) is 6.81. The summed E-state index contributed by atoms with van der Waals surface area (Å²) in [6.45, 7) is 2.70. The van der Waals surface area contributed by atoms with Crippen LogP contribution in [0.3, 0.4) is 0 Å². The maximum atomic E-state index is 12.2. The number of ketones is 1. The van der Waals surface area contributed by atoms with Gasteiger partial charge in [-0.25, -0.2) is 0 Å². The van der Waals surface area contributed by atoms with Gasteiger partial charge in [-0.05, 0) is 66.4 Å². The van der Waals surface area contributed by atoms with Crippen molar-refractivity contribution in [3.63, 3.8) is 0 Å². The fraction of sp³-hybridized carbons (Fsp3) is 0.533. The SMILES string of the molecule is O=C(CN1CCCC(CCO)C1)c1ccc(I)cc1. The average molecular weight is 373 g/mol. The van der Waals surface area contributed by atoms with Crippen LogP contribution >= 0.6 is 22.6 Å². The van der Waals surface area contributed by atoms with Gasteiger partial charge in [0.15, 0.2) is 5.78 Å². The second kappa shape index (κ2) is 7.36. The van der Waals surface area contributed by atoms with Crippen molar-refractivity contribution in [3.8, 4) is 0 Å². The van der Waals surface area contributed by atoms with Gasteiger partial charge in [-0.15, -0.1) is 0 Å². The Kier molecular flexibility index (Phi) is 5.78. The number of halogens is 1. The van der Waals surface area contributed by atoms with Gasteiger partial charge >= 0.3 is 0 Å². The molecule has 1 atom stereocenters. The van der Waals surface area contributed by atoms with Crippen molar-refractivity contribution in [1.29, 1.82) is 0 Å². The molecule has 0 spiro atoms. The highest BCUT2D eigenvalue weighted by Crippen LogP contribution is 2.19. The molecule has 1 aliphatic rings. The number of carbonyl (C=O) groups excluding carboxylic acids is 1. The van der Waals surface area contributed by atoms with Crippen LogP contribution < -0.4 is 0 Å². The second-order valence-electron chi connectivity index (χ2n) is 5.19. The van der Waals surface area contributed by atoms with Crippen LogP contribution in [0.25, 0.3) is 0 Å². The van der Waals surface area contributed by atoms with Crippen LogP contribution in [0.2, 0.25) is 0 Å². The van der Waals surface area contributed by atoms with Crippen molar-refractivity contribution < 1.29 is 9.90 Å². The number of benzene rings is 1. The first-order valence-corrected chi connectivity index (χ1v) is 7.89.